The van der Waals surface area contributed by atoms with Gasteiger partial charge in [0.05, 0.1) is 22.7 Å². The number of carbonyl (C=O) groups is 2. The Morgan fingerprint density at radius 2 is 2.11 bits per heavy atom. The monoisotopic (exact) mass is 264 g/mol. The summed E-state index contributed by atoms with van der Waals surface area (Å²) in [5.74, 6) is -2.44. The largest absolute Gasteiger partial charge is 0.481 e. The number of carboxylic acids is 1. The van der Waals surface area contributed by atoms with Crippen LogP contribution in [0.25, 0.3) is 0 Å². The van der Waals surface area contributed by atoms with Crippen molar-refractivity contribution in [2.45, 2.75) is 20.3 Å². The first kappa shape index (κ1) is 14.6. The van der Waals surface area contributed by atoms with E-state index in [1.54, 1.807) is 6.07 Å². The second-order valence-electron chi connectivity index (χ2n) is 4.72. The lowest BCUT2D eigenvalue weighted by atomic mass is 9.89. The number of amides is 1. The average molecular weight is 264 g/mol. The number of hydrogen-bond acceptors (Lipinski definition) is 3. The number of carboxylic acid groups (broad SMARTS) is 1. The molecule has 0 aliphatic carbocycles. The zero-order valence-corrected chi connectivity index (χ0v) is 10.5. The van der Waals surface area contributed by atoms with E-state index in [1.807, 2.05) is 0 Å². The Morgan fingerprint density at radius 3 is 2.58 bits per heavy atom. The summed E-state index contributed by atoms with van der Waals surface area (Å²) in [4.78, 5) is 22.5. The van der Waals surface area contributed by atoms with Crippen LogP contribution in [0, 0.1) is 22.6 Å². The van der Waals surface area contributed by atoms with Gasteiger partial charge in [-0.25, -0.2) is 4.39 Å². The van der Waals surface area contributed by atoms with E-state index in [9.17, 15) is 14.0 Å². The second kappa shape index (κ2) is 5.48. The highest BCUT2D eigenvalue weighted by molar-refractivity contribution is 5.94. The number of aliphatic carboxylic acids is 1. The van der Waals surface area contributed by atoms with Crippen LogP contribution in [0.1, 0.15) is 25.8 Å². The van der Waals surface area contributed by atoms with Gasteiger partial charge >= 0.3 is 5.97 Å². The normalized spacial score (nSPS) is 10.6. The smallest absolute Gasteiger partial charge is 0.309 e. The molecular formula is C13H13FN2O3. The fourth-order valence-electron chi connectivity index (χ4n) is 1.36. The lowest BCUT2D eigenvalue weighted by molar-refractivity contribution is -0.148. The van der Waals surface area contributed by atoms with E-state index < -0.39 is 23.1 Å². The van der Waals surface area contributed by atoms with Crippen molar-refractivity contribution >= 4 is 17.6 Å². The first-order chi connectivity index (χ1) is 8.76. The minimum atomic E-state index is -1.23. The molecule has 0 spiro atoms. The average Bonchev–Trinajstić information content (AvgIpc) is 2.30. The Kier molecular flexibility index (Phi) is 4.22. The predicted octanol–water partition coefficient (Wildman–Crippen LogP) is 2.14. The predicted molar refractivity (Wildman–Crippen MR) is 65.8 cm³/mol. The number of carbonyl (C=O) groups excluding carboxylic acids is 1. The summed E-state index contributed by atoms with van der Waals surface area (Å²) in [6.45, 7) is 2.81. The summed E-state index contributed by atoms with van der Waals surface area (Å²) in [5, 5.41) is 19.8. The molecule has 19 heavy (non-hydrogen) atoms. The van der Waals surface area contributed by atoms with E-state index in [2.05, 4.69) is 5.32 Å². The number of nitrogens with zero attached hydrogens (tertiary/aromatic N) is 1. The maximum atomic E-state index is 13.5. The van der Waals surface area contributed by atoms with Gasteiger partial charge in [-0.15, -0.1) is 0 Å². The standard InChI is InChI=1S/C13H13FN2O3/c1-13(2,12(18)19)6-11(17)16-10-4-3-8(7-15)5-9(10)14/h3-5H,6H2,1-2H3,(H,16,17)(H,18,19). The molecule has 0 bridgehead atoms. The molecule has 0 aliphatic heterocycles. The first-order valence-corrected chi connectivity index (χ1v) is 5.49. The fourth-order valence-corrected chi connectivity index (χ4v) is 1.36. The Hall–Kier alpha value is -2.42. The molecule has 0 aromatic heterocycles. The summed E-state index contributed by atoms with van der Waals surface area (Å²) in [7, 11) is 0. The first-order valence-electron chi connectivity index (χ1n) is 5.49. The molecule has 2 N–H and O–H groups in total. The maximum Gasteiger partial charge on any atom is 0.309 e. The Morgan fingerprint density at radius 1 is 1.47 bits per heavy atom. The highest BCUT2D eigenvalue weighted by Gasteiger charge is 2.30. The fraction of sp³-hybridized carbons (Fsp3) is 0.308. The van der Waals surface area contributed by atoms with Gasteiger partial charge in [0.2, 0.25) is 5.91 Å². The van der Waals surface area contributed by atoms with Gasteiger partial charge in [0.15, 0.2) is 0 Å². The third kappa shape index (κ3) is 3.78. The molecule has 5 nitrogen and oxygen atoms in total. The Bertz CT molecular complexity index is 561. The number of halogens is 1. The van der Waals surface area contributed by atoms with Crippen molar-refractivity contribution in [3.8, 4) is 6.07 Å². The molecule has 100 valence electrons. The van der Waals surface area contributed by atoms with Crippen molar-refractivity contribution < 1.29 is 19.1 Å². The summed E-state index contributed by atoms with van der Waals surface area (Å²) in [6, 6.07) is 5.39. The van der Waals surface area contributed by atoms with Crippen LogP contribution in [0.15, 0.2) is 18.2 Å². The topological polar surface area (TPSA) is 90.2 Å². The number of anilines is 1. The molecule has 1 rings (SSSR count). The molecule has 6 heteroatoms. The number of benzene rings is 1. The summed E-state index contributed by atoms with van der Waals surface area (Å²) in [6.07, 6.45) is -0.276. The van der Waals surface area contributed by atoms with E-state index >= 15 is 0 Å². The molecule has 0 atom stereocenters. The third-order valence-corrected chi connectivity index (χ3v) is 2.55. The van der Waals surface area contributed by atoms with Crippen LogP contribution in [0.4, 0.5) is 10.1 Å². The van der Waals surface area contributed by atoms with Crippen LogP contribution < -0.4 is 5.32 Å². The van der Waals surface area contributed by atoms with Gasteiger partial charge in [0, 0.05) is 6.42 Å². The molecule has 1 aromatic rings. The molecular weight excluding hydrogens is 251 g/mol. The SMILES string of the molecule is CC(C)(CC(=O)Nc1ccc(C#N)cc1F)C(=O)O. The van der Waals surface area contributed by atoms with Crippen LogP contribution in [-0.2, 0) is 9.59 Å². The van der Waals surface area contributed by atoms with Crippen LogP contribution in [-0.4, -0.2) is 17.0 Å². The molecule has 1 aromatic carbocycles. The quantitative estimate of drug-likeness (QED) is 0.871. The number of rotatable bonds is 4. The van der Waals surface area contributed by atoms with Gasteiger partial charge in [-0.1, -0.05) is 0 Å². The highest BCUT2D eigenvalue weighted by Crippen LogP contribution is 2.22. The van der Waals surface area contributed by atoms with Crippen molar-refractivity contribution in [3.05, 3.63) is 29.6 Å². The van der Waals surface area contributed by atoms with E-state index in [0.29, 0.717) is 0 Å². The Labute approximate surface area is 109 Å². The van der Waals surface area contributed by atoms with Crippen molar-refractivity contribution in [1.82, 2.24) is 0 Å². The van der Waals surface area contributed by atoms with Crippen LogP contribution >= 0.6 is 0 Å². The van der Waals surface area contributed by atoms with E-state index in [1.165, 1.54) is 26.0 Å². The molecule has 0 heterocycles. The number of nitrogens with one attached hydrogen (secondary N) is 1. The summed E-state index contributed by atoms with van der Waals surface area (Å²) < 4.78 is 13.5. The minimum Gasteiger partial charge on any atom is -0.481 e. The lowest BCUT2D eigenvalue weighted by Gasteiger charge is -2.18. The molecule has 0 aliphatic rings. The lowest BCUT2D eigenvalue weighted by Crippen LogP contribution is -2.29. The zero-order chi connectivity index (χ0) is 14.6. The van der Waals surface area contributed by atoms with Gasteiger partial charge in [-0.3, -0.25) is 9.59 Å². The summed E-state index contributed by atoms with van der Waals surface area (Å²) in [5.41, 5.74) is -1.17. The van der Waals surface area contributed by atoms with Crippen molar-refractivity contribution in [2.24, 2.45) is 5.41 Å². The maximum absolute atomic E-state index is 13.5. The highest BCUT2D eigenvalue weighted by atomic mass is 19.1. The van der Waals surface area contributed by atoms with Crippen LogP contribution in [0.3, 0.4) is 0 Å². The van der Waals surface area contributed by atoms with Gasteiger partial charge in [0.1, 0.15) is 5.82 Å². The van der Waals surface area contributed by atoms with E-state index in [0.717, 1.165) is 6.07 Å². The van der Waals surface area contributed by atoms with Crippen LogP contribution in [0.2, 0.25) is 0 Å². The number of hydrogen-bond donors (Lipinski definition) is 2. The Balaban J connectivity index is 2.79. The van der Waals surface area contributed by atoms with E-state index in [4.69, 9.17) is 10.4 Å². The number of nitriles is 1. The van der Waals surface area contributed by atoms with Gasteiger partial charge < -0.3 is 10.4 Å². The van der Waals surface area contributed by atoms with Gasteiger partial charge in [-0.2, -0.15) is 5.26 Å². The summed E-state index contributed by atoms with van der Waals surface area (Å²) >= 11 is 0. The molecule has 0 saturated heterocycles. The zero-order valence-electron chi connectivity index (χ0n) is 10.5. The molecule has 0 radical (unpaired) electrons. The minimum absolute atomic E-state index is 0.0785. The molecule has 0 saturated carbocycles. The molecule has 1 amide bonds. The second-order valence-corrected chi connectivity index (χ2v) is 4.72. The van der Waals surface area contributed by atoms with Crippen molar-refractivity contribution in [2.75, 3.05) is 5.32 Å². The van der Waals surface area contributed by atoms with Crippen molar-refractivity contribution in [1.29, 1.82) is 5.26 Å². The third-order valence-electron chi connectivity index (χ3n) is 2.55. The van der Waals surface area contributed by atoms with Crippen molar-refractivity contribution in [3.63, 3.8) is 0 Å². The van der Waals surface area contributed by atoms with Crippen LogP contribution in [0.5, 0.6) is 0 Å². The molecule has 0 unspecified atom stereocenters. The van der Waals surface area contributed by atoms with Gasteiger partial charge in [-0.05, 0) is 32.0 Å². The molecule has 0 fully saturated rings. The van der Waals surface area contributed by atoms with Gasteiger partial charge in [0.25, 0.3) is 0 Å². The van der Waals surface area contributed by atoms with E-state index in [-0.39, 0.29) is 17.7 Å².